The molecule has 4 rings (SSSR count). The van der Waals surface area contributed by atoms with Gasteiger partial charge in [0.15, 0.2) is 0 Å². The second-order valence-electron chi connectivity index (χ2n) is 8.92. The summed E-state index contributed by atoms with van der Waals surface area (Å²) in [5, 5.41) is 3.27. The molecule has 3 aliphatic rings. The summed E-state index contributed by atoms with van der Waals surface area (Å²) < 4.78 is 0. The zero-order chi connectivity index (χ0) is 18.7. The lowest BCUT2D eigenvalue weighted by atomic mass is 9.73. The van der Waals surface area contributed by atoms with Crippen LogP contribution in [-0.4, -0.2) is 29.3 Å². The average molecular weight is 369 g/mol. The Labute approximate surface area is 162 Å². The van der Waals surface area contributed by atoms with Crippen LogP contribution in [-0.2, 0) is 9.59 Å². The van der Waals surface area contributed by atoms with Gasteiger partial charge in [0.25, 0.3) is 0 Å². The van der Waals surface area contributed by atoms with Gasteiger partial charge in [0.05, 0.1) is 0 Å². The zero-order valence-electron chi connectivity index (χ0n) is 16.3. The van der Waals surface area contributed by atoms with Crippen LogP contribution in [0.15, 0.2) is 30.3 Å². The number of amides is 2. The van der Waals surface area contributed by atoms with Crippen molar-refractivity contribution in [2.75, 3.05) is 6.54 Å². The molecule has 4 heteroatoms. The van der Waals surface area contributed by atoms with E-state index >= 15 is 0 Å². The second kappa shape index (κ2) is 8.04. The first-order valence-corrected chi connectivity index (χ1v) is 10.8. The lowest BCUT2D eigenvalue weighted by Gasteiger charge is -2.35. The Morgan fingerprint density at radius 3 is 2.37 bits per heavy atom. The molecule has 0 bridgehead atoms. The molecule has 1 aromatic carbocycles. The number of benzene rings is 1. The molecule has 2 amide bonds. The molecular formula is C23H32N2O2. The van der Waals surface area contributed by atoms with E-state index in [1.807, 2.05) is 35.2 Å². The van der Waals surface area contributed by atoms with Gasteiger partial charge in [-0.05, 0) is 36.7 Å². The lowest BCUT2D eigenvalue weighted by molar-refractivity contribution is -0.138. The first-order chi connectivity index (χ1) is 13.2. The van der Waals surface area contributed by atoms with Gasteiger partial charge in [-0.1, -0.05) is 68.9 Å². The fraction of sp³-hybridized carbons (Fsp3) is 0.652. The first kappa shape index (κ1) is 18.5. The quantitative estimate of drug-likeness (QED) is 0.858. The molecule has 2 aliphatic carbocycles. The Balaban J connectivity index is 1.56. The number of rotatable bonds is 4. The van der Waals surface area contributed by atoms with Crippen molar-refractivity contribution in [1.29, 1.82) is 0 Å². The minimum atomic E-state index is -0.484. The van der Waals surface area contributed by atoms with E-state index in [0.29, 0.717) is 6.42 Å². The van der Waals surface area contributed by atoms with E-state index in [1.54, 1.807) is 0 Å². The van der Waals surface area contributed by atoms with Crippen molar-refractivity contribution in [3.05, 3.63) is 35.9 Å². The van der Waals surface area contributed by atoms with E-state index < -0.39 is 6.04 Å². The predicted octanol–water partition coefficient (Wildman–Crippen LogP) is 4.36. The van der Waals surface area contributed by atoms with Gasteiger partial charge in [0.1, 0.15) is 6.04 Å². The third-order valence-corrected chi connectivity index (χ3v) is 6.89. The molecule has 1 unspecified atom stereocenters. The molecule has 0 radical (unpaired) electrons. The Hall–Kier alpha value is -1.84. The highest BCUT2D eigenvalue weighted by atomic mass is 16.2. The molecule has 1 aromatic rings. The summed E-state index contributed by atoms with van der Waals surface area (Å²) in [6, 6.07) is 9.66. The minimum absolute atomic E-state index is 0.00862. The summed E-state index contributed by atoms with van der Waals surface area (Å²) in [5.41, 5.74) is 1.04. The van der Waals surface area contributed by atoms with E-state index in [4.69, 9.17) is 0 Å². The minimum Gasteiger partial charge on any atom is -0.351 e. The summed E-state index contributed by atoms with van der Waals surface area (Å²) >= 11 is 0. The monoisotopic (exact) mass is 368 g/mol. The SMILES string of the molecule is O=C(NC1CCCCC1)C(c1ccccc1)N1CC2(CCCCC2)CC1=O. The molecule has 27 heavy (non-hydrogen) atoms. The van der Waals surface area contributed by atoms with Gasteiger partial charge in [0.2, 0.25) is 11.8 Å². The molecule has 1 atom stereocenters. The normalized spacial score (nSPS) is 24.1. The van der Waals surface area contributed by atoms with Gasteiger partial charge in [-0.25, -0.2) is 0 Å². The van der Waals surface area contributed by atoms with Gasteiger partial charge < -0.3 is 10.2 Å². The average Bonchev–Trinajstić information content (AvgIpc) is 2.99. The summed E-state index contributed by atoms with van der Waals surface area (Å²) in [6.07, 6.45) is 12.3. The fourth-order valence-corrected chi connectivity index (χ4v) is 5.43. The number of likely N-dealkylation sites (tertiary alicyclic amines) is 1. The molecule has 3 fully saturated rings. The summed E-state index contributed by atoms with van der Waals surface area (Å²) in [7, 11) is 0. The highest BCUT2D eigenvalue weighted by Crippen LogP contribution is 2.46. The second-order valence-corrected chi connectivity index (χ2v) is 8.92. The van der Waals surface area contributed by atoms with Crippen LogP contribution in [0.1, 0.15) is 82.2 Å². The van der Waals surface area contributed by atoms with Crippen LogP contribution in [0.2, 0.25) is 0 Å². The van der Waals surface area contributed by atoms with E-state index in [-0.39, 0.29) is 23.3 Å². The Bertz CT molecular complexity index is 660. The van der Waals surface area contributed by atoms with Crippen molar-refractivity contribution in [2.45, 2.75) is 82.7 Å². The van der Waals surface area contributed by atoms with Crippen molar-refractivity contribution < 1.29 is 9.59 Å². The van der Waals surface area contributed by atoms with Crippen molar-refractivity contribution in [1.82, 2.24) is 10.2 Å². The Kier molecular flexibility index (Phi) is 5.51. The maximum absolute atomic E-state index is 13.3. The van der Waals surface area contributed by atoms with E-state index in [9.17, 15) is 9.59 Å². The van der Waals surface area contributed by atoms with E-state index in [2.05, 4.69) is 5.32 Å². The van der Waals surface area contributed by atoms with E-state index in [1.165, 1.54) is 38.5 Å². The first-order valence-electron chi connectivity index (χ1n) is 10.8. The summed E-state index contributed by atoms with van der Waals surface area (Å²) in [5.74, 6) is 0.166. The van der Waals surface area contributed by atoms with Gasteiger partial charge in [-0.2, -0.15) is 0 Å². The fourth-order valence-electron chi connectivity index (χ4n) is 5.43. The molecule has 1 aliphatic heterocycles. The maximum Gasteiger partial charge on any atom is 0.247 e. The van der Waals surface area contributed by atoms with Crippen molar-refractivity contribution in [3.63, 3.8) is 0 Å². The summed E-state index contributed by atoms with van der Waals surface area (Å²) in [4.78, 5) is 28.2. The van der Waals surface area contributed by atoms with E-state index in [0.717, 1.165) is 37.8 Å². The van der Waals surface area contributed by atoms with Crippen LogP contribution in [0.3, 0.4) is 0 Å². The largest absolute Gasteiger partial charge is 0.351 e. The molecule has 4 nitrogen and oxygen atoms in total. The van der Waals surface area contributed by atoms with Gasteiger partial charge in [-0.15, -0.1) is 0 Å². The van der Waals surface area contributed by atoms with Crippen LogP contribution in [0.5, 0.6) is 0 Å². The molecule has 146 valence electrons. The third-order valence-electron chi connectivity index (χ3n) is 6.89. The van der Waals surface area contributed by atoms with Crippen LogP contribution >= 0.6 is 0 Å². The third kappa shape index (κ3) is 4.04. The number of hydrogen-bond acceptors (Lipinski definition) is 2. The smallest absolute Gasteiger partial charge is 0.247 e. The Morgan fingerprint density at radius 2 is 1.67 bits per heavy atom. The molecule has 1 N–H and O–H groups in total. The van der Waals surface area contributed by atoms with Crippen molar-refractivity contribution in [3.8, 4) is 0 Å². The molecule has 1 heterocycles. The number of carbonyl (C=O) groups is 2. The highest BCUT2D eigenvalue weighted by Gasteiger charge is 2.47. The number of nitrogens with one attached hydrogen (secondary N) is 1. The molecule has 0 aromatic heterocycles. The van der Waals surface area contributed by atoms with Crippen molar-refractivity contribution in [2.24, 2.45) is 5.41 Å². The standard InChI is InChI=1S/C23H32N2O2/c26-20-16-23(14-8-3-9-15-23)17-25(20)21(18-10-4-1-5-11-18)22(27)24-19-12-6-2-7-13-19/h1,4-5,10-11,19,21H,2-3,6-9,12-17H2,(H,24,27). The van der Waals surface area contributed by atoms with Gasteiger partial charge in [-0.3, -0.25) is 9.59 Å². The predicted molar refractivity (Wildman–Crippen MR) is 106 cm³/mol. The number of nitrogens with zero attached hydrogens (tertiary/aromatic N) is 1. The molecule has 2 saturated carbocycles. The Morgan fingerprint density at radius 1 is 1.00 bits per heavy atom. The van der Waals surface area contributed by atoms with Crippen LogP contribution in [0.4, 0.5) is 0 Å². The number of hydrogen-bond donors (Lipinski definition) is 1. The van der Waals surface area contributed by atoms with Crippen LogP contribution < -0.4 is 5.32 Å². The molecule has 1 saturated heterocycles. The lowest BCUT2D eigenvalue weighted by Crippen LogP contribution is -2.46. The zero-order valence-corrected chi connectivity index (χ0v) is 16.3. The number of carbonyl (C=O) groups excluding carboxylic acids is 2. The highest BCUT2D eigenvalue weighted by molar-refractivity contribution is 5.90. The molecular weight excluding hydrogens is 336 g/mol. The topological polar surface area (TPSA) is 49.4 Å². The van der Waals surface area contributed by atoms with Gasteiger partial charge >= 0.3 is 0 Å². The van der Waals surface area contributed by atoms with Crippen molar-refractivity contribution >= 4 is 11.8 Å². The molecule has 1 spiro atoms. The van der Waals surface area contributed by atoms with Gasteiger partial charge in [0, 0.05) is 19.0 Å². The summed E-state index contributed by atoms with van der Waals surface area (Å²) in [6.45, 7) is 0.740. The van der Waals surface area contributed by atoms with Crippen LogP contribution in [0.25, 0.3) is 0 Å². The van der Waals surface area contributed by atoms with Crippen LogP contribution in [0, 0.1) is 5.41 Å². The maximum atomic E-state index is 13.3.